The van der Waals surface area contributed by atoms with Crippen molar-refractivity contribution in [2.45, 2.75) is 211 Å². The minimum atomic E-state index is -1.63. The maximum Gasteiger partial charge on any atom is 0.303 e. The number of aliphatic hydroxyl groups is 7. The molecule has 0 aromatic carbocycles. The molecular weight excluding hydrogens is 796 g/mol. The number of hydrogen-bond acceptors (Lipinski definition) is 16. The smallest absolute Gasteiger partial charge is 0.303 e. The second kappa shape index (κ2) is 15.3. The number of hydrogen-bond donors (Lipinski definition) is 7. The highest BCUT2D eigenvalue weighted by molar-refractivity contribution is 5.67. The highest BCUT2D eigenvalue weighted by atomic mass is 16.7. The summed E-state index contributed by atoms with van der Waals surface area (Å²) in [6.45, 7) is 16.2. The van der Waals surface area contributed by atoms with E-state index in [0.29, 0.717) is 25.7 Å². The van der Waals surface area contributed by atoms with Gasteiger partial charge in [0.15, 0.2) is 24.8 Å². The van der Waals surface area contributed by atoms with E-state index in [9.17, 15) is 45.3 Å². The van der Waals surface area contributed by atoms with Crippen LogP contribution in [0.25, 0.3) is 0 Å². The Labute approximate surface area is 358 Å². The number of ether oxygens (including phenoxy) is 7. The van der Waals surface area contributed by atoms with Gasteiger partial charge in [0, 0.05) is 19.8 Å². The zero-order valence-corrected chi connectivity index (χ0v) is 37.3. The standard InChI is InChI=1S/C45H72O16/c1-21(47)56-26-19-55-37(33(53)34(26)57-22(2)48)60-28-11-13-45-20-44(45)15-14-41(7)35(43(9)12-10-29(61-43)40(5,6)54)23(49)17-42(41,8)27(44)16-24(36(45)39(28,3)4)58-38-32(52)31(51)30(50)25(18-46)59-38/h23-38,46,49-54H,10-20H2,1-9H3. The van der Waals surface area contributed by atoms with Gasteiger partial charge >= 0.3 is 11.9 Å². The third kappa shape index (κ3) is 6.89. The molecule has 16 nitrogen and oxygen atoms in total. The van der Waals surface area contributed by atoms with Gasteiger partial charge in [-0.25, -0.2) is 0 Å². The van der Waals surface area contributed by atoms with E-state index >= 15 is 0 Å². The molecule has 8 fully saturated rings. The second-order valence-corrected chi connectivity index (χ2v) is 22.2. The van der Waals surface area contributed by atoms with Crippen LogP contribution in [0.3, 0.4) is 0 Å². The predicted octanol–water partition coefficient (Wildman–Crippen LogP) is 1.87. The maximum atomic E-state index is 12.3. The molecule has 0 aromatic rings. The summed E-state index contributed by atoms with van der Waals surface area (Å²) >= 11 is 0. The lowest BCUT2D eigenvalue weighted by Crippen LogP contribution is -2.65. The van der Waals surface area contributed by atoms with Crippen molar-refractivity contribution in [3.63, 3.8) is 0 Å². The molecular formula is C45H72O16. The van der Waals surface area contributed by atoms with Gasteiger partial charge in [-0.15, -0.1) is 0 Å². The van der Waals surface area contributed by atoms with Gasteiger partial charge < -0.3 is 68.9 Å². The normalized spacial score (nSPS) is 53.8. The van der Waals surface area contributed by atoms with Crippen molar-refractivity contribution in [1.29, 1.82) is 0 Å². The van der Waals surface area contributed by atoms with Gasteiger partial charge in [0.1, 0.15) is 30.5 Å². The van der Waals surface area contributed by atoms with Gasteiger partial charge in [-0.1, -0.05) is 27.7 Å². The number of carbonyl (C=O) groups excluding carboxylic acids is 2. The van der Waals surface area contributed by atoms with Gasteiger partial charge in [-0.2, -0.15) is 0 Å². The zero-order valence-electron chi connectivity index (χ0n) is 37.3. The number of rotatable bonds is 9. The molecule has 8 aliphatic rings. The van der Waals surface area contributed by atoms with Crippen LogP contribution in [-0.4, -0.2) is 152 Å². The summed E-state index contributed by atoms with van der Waals surface area (Å²) in [5.41, 5.74) is -3.43. The maximum absolute atomic E-state index is 12.3. The van der Waals surface area contributed by atoms with Crippen molar-refractivity contribution in [2.75, 3.05) is 13.2 Å². The summed E-state index contributed by atoms with van der Waals surface area (Å²) in [6.07, 6.45) is -7.78. The monoisotopic (exact) mass is 868 g/mol. The number of fused-ring (bicyclic) bond motifs is 2. The van der Waals surface area contributed by atoms with E-state index in [1.54, 1.807) is 13.8 Å². The first-order chi connectivity index (χ1) is 28.3. The Balaban J connectivity index is 1.13. The van der Waals surface area contributed by atoms with E-state index in [2.05, 4.69) is 34.6 Å². The van der Waals surface area contributed by atoms with E-state index in [1.165, 1.54) is 13.8 Å². The Kier molecular flexibility index (Phi) is 11.5. The zero-order chi connectivity index (χ0) is 44.6. The average Bonchev–Trinajstić information content (AvgIpc) is 3.52. The predicted molar refractivity (Wildman–Crippen MR) is 213 cm³/mol. The molecule has 0 radical (unpaired) electrons. The van der Waals surface area contributed by atoms with Crippen LogP contribution < -0.4 is 0 Å². The molecule has 0 amide bonds. The van der Waals surface area contributed by atoms with Crippen molar-refractivity contribution in [3.05, 3.63) is 0 Å². The van der Waals surface area contributed by atoms with Crippen LogP contribution in [0.1, 0.15) is 120 Å². The van der Waals surface area contributed by atoms with Crippen LogP contribution in [0.2, 0.25) is 0 Å². The van der Waals surface area contributed by atoms with E-state index in [0.717, 1.165) is 32.1 Å². The van der Waals surface area contributed by atoms with Gasteiger partial charge in [-0.3, -0.25) is 9.59 Å². The summed E-state index contributed by atoms with van der Waals surface area (Å²) in [5.74, 6) is -1.60. The van der Waals surface area contributed by atoms with Crippen molar-refractivity contribution in [2.24, 2.45) is 44.8 Å². The minimum absolute atomic E-state index is 0.0686. The van der Waals surface area contributed by atoms with E-state index in [-0.39, 0.29) is 52.1 Å². The first-order valence-electron chi connectivity index (χ1n) is 22.6. The van der Waals surface area contributed by atoms with Gasteiger partial charge in [-0.05, 0) is 117 Å². The molecule has 2 spiro atoms. The highest BCUT2D eigenvalue weighted by Crippen LogP contribution is 2.89. The molecule has 0 bridgehead atoms. The molecule has 7 N–H and O–H groups in total. The van der Waals surface area contributed by atoms with Crippen molar-refractivity contribution < 1.29 is 78.5 Å². The molecule has 0 aromatic heterocycles. The molecule has 3 saturated heterocycles. The third-order valence-electron chi connectivity index (χ3n) is 18.2. The molecule has 21 atom stereocenters. The van der Waals surface area contributed by atoms with Crippen LogP contribution in [0.15, 0.2) is 0 Å². The molecule has 8 rings (SSSR count). The van der Waals surface area contributed by atoms with E-state index in [4.69, 9.17) is 33.2 Å². The van der Waals surface area contributed by atoms with Gasteiger partial charge in [0.05, 0.1) is 48.8 Å². The number of aliphatic hydroxyl groups excluding tert-OH is 6. The largest absolute Gasteiger partial charge is 0.456 e. The lowest BCUT2D eigenvalue weighted by Gasteiger charge is -2.65. The number of carbonyl (C=O) groups is 2. The SMILES string of the molecule is CC(=O)OC1COC(OC2CCC34CC35CCC3(C)C(C6(C)CCC(C(C)(C)O)O6)C(O)CC3(C)C5CC(OC3OC(CO)C(O)C(O)C3O)C4C2(C)C)C(O)C1OC(C)=O. The van der Waals surface area contributed by atoms with Crippen LogP contribution in [0, 0.1) is 44.8 Å². The molecule has 348 valence electrons. The Hall–Kier alpha value is -1.54. The van der Waals surface area contributed by atoms with E-state index < -0.39 is 109 Å². The number of esters is 2. The summed E-state index contributed by atoms with van der Waals surface area (Å²) in [6, 6.07) is 0. The van der Waals surface area contributed by atoms with E-state index in [1.807, 2.05) is 0 Å². The average molecular weight is 869 g/mol. The summed E-state index contributed by atoms with van der Waals surface area (Å²) in [4.78, 5) is 24.0. The van der Waals surface area contributed by atoms with Crippen LogP contribution in [0.4, 0.5) is 0 Å². The van der Waals surface area contributed by atoms with Crippen molar-refractivity contribution in [1.82, 2.24) is 0 Å². The van der Waals surface area contributed by atoms with Crippen molar-refractivity contribution >= 4 is 11.9 Å². The summed E-state index contributed by atoms with van der Waals surface area (Å²) < 4.78 is 43.3. The van der Waals surface area contributed by atoms with Crippen LogP contribution in [0.5, 0.6) is 0 Å². The summed E-state index contributed by atoms with van der Waals surface area (Å²) in [7, 11) is 0. The molecule has 3 aliphatic heterocycles. The minimum Gasteiger partial charge on any atom is -0.456 e. The Morgan fingerprint density at radius 3 is 2.07 bits per heavy atom. The molecule has 5 aliphatic carbocycles. The fourth-order valence-corrected chi connectivity index (χ4v) is 15.5. The second-order valence-electron chi connectivity index (χ2n) is 22.2. The Bertz CT molecular complexity index is 1680. The Morgan fingerprint density at radius 1 is 0.754 bits per heavy atom. The fourth-order valence-electron chi connectivity index (χ4n) is 15.5. The van der Waals surface area contributed by atoms with Crippen molar-refractivity contribution in [3.8, 4) is 0 Å². The summed E-state index contributed by atoms with van der Waals surface area (Å²) in [5, 5.41) is 77.8. The lowest BCUT2D eigenvalue weighted by atomic mass is 9.41. The first-order valence-corrected chi connectivity index (χ1v) is 22.6. The van der Waals surface area contributed by atoms with Crippen LogP contribution >= 0.6 is 0 Å². The molecule has 16 heteroatoms. The quantitative estimate of drug-likeness (QED) is 0.129. The molecule has 21 unspecified atom stereocenters. The van der Waals surface area contributed by atoms with Gasteiger partial charge in [0.25, 0.3) is 0 Å². The fraction of sp³-hybridized carbons (Fsp3) is 0.956. The van der Waals surface area contributed by atoms with Gasteiger partial charge in [0.2, 0.25) is 0 Å². The first kappa shape index (κ1) is 46.0. The lowest BCUT2D eigenvalue weighted by molar-refractivity contribution is -0.339. The molecule has 5 saturated carbocycles. The Morgan fingerprint density at radius 2 is 1.44 bits per heavy atom. The third-order valence-corrected chi connectivity index (χ3v) is 18.2. The molecule has 3 heterocycles. The highest BCUT2D eigenvalue weighted by Gasteiger charge is 2.85. The molecule has 61 heavy (non-hydrogen) atoms. The van der Waals surface area contributed by atoms with Crippen LogP contribution in [-0.2, 0) is 42.7 Å². The topological polar surface area (TPSA) is 240 Å².